The molecule has 0 radical (unpaired) electrons. The number of hydrogen-bond donors (Lipinski definition) is 0. The minimum atomic E-state index is -4.05. The molecule has 8 nitrogen and oxygen atoms in total. The average Bonchev–Trinajstić information content (AvgIpc) is 2.89. The Balaban J connectivity index is 0.000000336. The molecule has 2 aromatic carbocycles. The predicted molar refractivity (Wildman–Crippen MR) is 146 cm³/mol. The van der Waals surface area contributed by atoms with Crippen molar-refractivity contribution in [2.45, 2.75) is 51.3 Å². The van der Waals surface area contributed by atoms with Crippen molar-refractivity contribution in [3.63, 3.8) is 0 Å². The first-order valence-corrected chi connectivity index (χ1v) is 14.9. The van der Waals surface area contributed by atoms with E-state index in [-0.39, 0.29) is 27.8 Å². The third kappa shape index (κ3) is 6.24. The Morgan fingerprint density at radius 3 is 2.32 bits per heavy atom. The van der Waals surface area contributed by atoms with Crippen LogP contribution in [0.2, 0.25) is 0 Å². The summed E-state index contributed by atoms with van der Waals surface area (Å²) in [5, 5.41) is -0.587. The maximum Gasteiger partial charge on any atom is 0.355 e. The van der Waals surface area contributed by atoms with Crippen LogP contribution in [0.4, 0.5) is 0 Å². The van der Waals surface area contributed by atoms with E-state index in [9.17, 15) is 22.2 Å². The van der Waals surface area contributed by atoms with E-state index in [4.69, 9.17) is 8.92 Å². The molecule has 10 heteroatoms. The average molecular weight is 560 g/mol. The number of aryl methyl sites for hydroxylation is 4. The van der Waals surface area contributed by atoms with Gasteiger partial charge in [0.1, 0.15) is 22.2 Å². The lowest BCUT2D eigenvalue weighted by molar-refractivity contribution is -0.152. The molecule has 204 valence electrons. The molecule has 2 aliphatic heterocycles. The Hall–Kier alpha value is -3.24. The lowest BCUT2D eigenvalue weighted by Crippen LogP contribution is -2.64. The summed E-state index contributed by atoms with van der Waals surface area (Å²) in [4.78, 5) is 25.5. The van der Waals surface area contributed by atoms with Crippen molar-refractivity contribution in [3.8, 4) is 0 Å². The zero-order valence-corrected chi connectivity index (χ0v) is 24.0. The van der Waals surface area contributed by atoms with Gasteiger partial charge in [-0.15, -0.1) is 0 Å². The molecule has 2 heterocycles. The number of amides is 1. The molecule has 1 amide bonds. The zero-order chi connectivity index (χ0) is 28.2. The fourth-order valence-corrected chi connectivity index (χ4v) is 6.74. The minimum absolute atomic E-state index is 0.0202. The number of benzene rings is 2. The second kappa shape index (κ2) is 12.1. The first-order valence-electron chi connectivity index (χ1n) is 12.2. The lowest BCUT2D eigenvalue weighted by atomic mass is 9.97. The van der Waals surface area contributed by atoms with E-state index in [1.807, 2.05) is 6.92 Å². The summed E-state index contributed by atoms with van der Waals surface area (Å²) in [6, 6.07) is 12.7. The van der Waals surface area contributed by atoms with Crippen LogP contribution in [0, 0.1) is 26.7 Å². The first-order chi connectivity index (χ1) is 17.9. The second-order valence-corrected chi connectivity index (χ2v) is 12.3. The highest BCUT2D eigenvalue weighted by Gasteiger charge is 2.54. The van der Waals surface area contributed by atoms with Crippen LogP contribution in [-0.4, -0.2) is 47.6 Å². The molecule has 0 aromatic heterocycles. The van der Waals surface area contributed by atoms with Gasteiger partial charge in [-0.25, -0.2) is 4.79 Å². The molecular formula is C28H33NO7S2. The van der Waals surface area contributed by atoms with Crippen LogP contribution < -0.4 is 0 Å². The first kappa shape index (κ1) is 29.3. The van der Waals surface area contributed by atoms with Gasteiger partial charge in [-0.1, -0.05) is 55.3 Å². The van der Waals surface area contributed by atoms with Crippen LogP contribution in [0.3, 0.4) is 0 Å². The van der Waals surface area contributed by atoms with E-state index in [0.717, 1.165) is 23.1 Å². The Kier molecular flexibility index (Phi) is 9.32. The predicted octanol–water partition coefficient (Wildman–Crippen LogP) is 4.07. The van der Waals surface area contributed by atoms with Crippen molar-refractivity contribution < 1.29 is 31.1 Å². The fraction of sp³-hybridized carbons (Fsp3) is 0.357. The van der Waals surface area contributed by atoms with Crippen LogP contribution in [0.5, 0.6) is 0 Å². The minimum Gasteiger partial charge on any atom is -0.464 e. The molecule has 3 atom stereocenters. The van der Waals surface area contributed by atoms with Crippen LogP contribution in [0.15, 0.2) is 71.0 Å². The smallest absolute Gasteiger partial charge is 0.355 e. The molecule has 1 fully saturated rings. The summed E-state index contributed by atoms with van der Waals surface area (Å²) in [5.41, 5.74) is 5.31. The number of allylic oxidation sites excluding steroid dienone is 1. The number of β-lactam (4-membered cyclic amide) rings is 1. The number of rotatable bonds is 6. The topological polar surface area (TPSA) is 107 Å². The summed E-state index contributed by atoms with van der Waals surface area (Å²) in [6.45, 7) is 9.97. The van der Waals surface area contributed by atoms with E-state index in [1.165, 1.54) is 42.0 Å². The van der Waals surface area contributed by atoms with Gasteiger partial charge in [-0.2, -0.15) is 8.42 Å². The Bertz CT molecular complexity index is 1410. The Labute approximate surface area is 226 Å². The zero-order valence-electron chi connectivity index (χ0n) is 22.4. The molecule has 0 N–H and O–H groups in total. The number of esters is 1. The summed E-state index contributed by atoms with van der Waals surface area (Å²) < 4.78 is 46.5. The summed E-state index contributed by atoms with van der Waals surface area (Å²) in [7, 11) is -4.30. The van der Waals surface area contributed by atoms with E-state index in [0.29, 0.717) is 0 Å². The molecule has 0 aliphatic carbocycles. The van der Waals surface area contributed by atoms with Gasteiger partial charge in [0.2, 0.25) is 5.91 Å². The molecule has 4 rings (SSSR count). The van der Waals surface area contributed by atoms with E-state index in [1.54, 1.807) is 19.1 Å². The number of carbonyl (C=O) groups excluding carboxylic acids is 2. The molecule has 1 saturated heterocycles. The molecule has 0 saturated carbocycles. The van der Waals surface area contributed by atoms with Gasteiger partial charge in [0.05, 0.1) is 18.8 Å². The van der Waals surface area contributed by atoms with Crippen LogP contribution in [-0.2, 0) is 45.8 Å². The Morgan fingerprint density at radius 2 is 1.74 bits per heavy atom. The summed E-state index contributed by atoms with van der Waals surface area (Å²) >= 11 is 0. The summed E-state index contributed by atoms with van der Waals surface area (Å²) in [6.07, 6.45) is 3.27. The fourth-order valence-electron chi connectivity index (χ4n) is 4.23. The van der Waals surface area contributed by atoms with Gasteiger partial charge in [-0.05, 0) is 62.1 Å². The highest BCUT2D eigenvalue weighted by atomic mass is 32.2. The number of ether oxygens (including phenoxy) is 1. The number of carbonyl (C=O) groups is 2. The van der Waals surface area contributed by atoms with Crippen LogP contribution in [0.25, 0.3) is 0 Å². The van der Waals surface area contributed by atoms with Crippen molar-refractivity contribution in [1.82, 2.24) is 4.90 Å². The quantitative estimate of drug-likeness (QED) is 0.227. The molecule has 3 unspecified atom stereocenters. The number of hydrogen-bond acceptors (Lipinski definition) is 7. The largest absolute Gasteiger partial charge is 0.464 e. The monoisotopic (exact) mass is 559 g/mol. The third-order valence-electron chi connectivity index (χ3n) is 6.45. The van der Waals surface area contributed by atoms with E-state index >= 15 is 0 Å². The van der Waals surface area contributed by atoms with Gasteiger partial charge >= 0.3 is 16.1 Å². The molecule has 2 aromatic rings. The molecule has 2 aliphatic rings. The number of methoxy groups -OCH3 is 1. The lowest BCUT2D eigenvalue weighted by Gasteiger charge is -2.47. The van der Waals surface area contributed by atoms with Crippen LogP contribution >= 0.6 is 0 Å². The van der Waals surface area contributed by atoms with Crippen molar-refractivity contribution >= 4 is 32.8 Å². The van der Waals surface area contributed by atoms with Gasteiger partial charge in [0.15, 0.2) is 0 Å². The van der Waals surface area contributed by atoms with E-state index in [2.05, 4.69) is 39.0 Å². The summed E-state index contributed by atoms with van der Waals surface area (Å²) in [5.74, 6) is -1.57. The second-order valence-electron chi connectivity index (χ2n) is 9.23. The SMILES string of the molecule is CCc1cc(C)ccc1C.COC(=O)C1=C(/C=C/OS(=O)(=O)c2ccc(C)cc2)CS(=O)C2C(C)C(=O)N12. The molecular weight excluding hydrogens is 526 g/mol. The molecule has 0 bridgehead atoms. The highest BCUT2D eigenvalue weighted by molar-refractivity contribution is 7.87. The standard InChI is InChI=1S/C18H19NO7S2.C10H14/c1-11-4-6-14(7-5-11)28(23,24)26-9-8-13-10-27(22)17-12(2)16(20)19(17)15(13)18(21)25-3;1-4-10-7-8(2)5-6-9(10)3/h4-9,12,17H,10H2,1-3H3;5-7H,4H2,1-3H3/b9-8+;. The van der Waals surface area contributed by atoms with Crippen molar-refractivity contribution in [1.29, 1.82) is 0 Å². The van der Waals surface area contributed by atoms with Gasteiger partial charge < -0.3 is 8.92 Å². The van der Waals surface area contributed by atoms with Gasteiger partial charge in [-0.3, -0.25) is 13.9 Å². The normalized spacial score (nSPS) is 20.8. The van der Waals surface area contributed by atoms with Crippen molar-refractivity contribution in [3.05, 3.63) is 88.3 Å². The van der Waals surface area contributed by atoms with Gasteiger partial charge in [0, 0.05) is 10.8 Å². The van der Waals surface area contributed by atoms with Gasteiger partial charge in [0.25, 0.3) is 0 Å². The molecule has 38 heavy (non-hydrogen) atoms. The third-order valence-corrected chi connectivity index (χ3v) is 9.41. The highest BCUT2D eigenvalue weighted by Crippen LogP contribution is 2.39. The molecule has 0 spiro atoms. The maximum absolute atomic E-state index is 12.4. The van der Waals surface area contributed by atoms with Crippen LogP contribution in [0.1, 0.15) is 36.1 Å². The van der Waals surface area contributed by atoms with Crippen molar-refractivity contribution in [2.24, 2.45) is 5.92 Å². The number of fused-ring (bicyclic) bond motifs is 1. The maximum atomic E-state index is 12.4. The Morgan fingerprint density at radius 1 is 1.11 bits per heavy atom. The number of nitrogens with zero attached hydrogens (tertiary/aromatic N) is 1. The van der Waals surface area contributed by atoms with E-state index < -0.39 is 38.2 Å². The van der Waals surface area contributed by atoms with Crippen molar-refractivity contribution in [2.75, 3.05) is 12.9 Å².